The molecule has 0 aliphatic carbocycles. The lowest BCUT2D eigenvalue weighted by atomic mass is 10.1. The Labute approximate surface area is 109 Å². The molecular formula is C13H16N2O4. The van der Waals surface area contributed by atoms with Crippen molar-refractivity contribution in [1.82, 2.24) is 9.55 Å². The van der Waals surface area contributed by atoms with Crippen molar-refractivity contribution in [1.29, 1.82) is 0 Å². The number of nitrogens with zero attached hydrogens (tertiary/aromatic N) is 1. The van der Waals surface area contributed by atoms with Gasteiger partial charge in [-0.25, -0.2) is 9.59 Å². The van der Waals surface area contributed by atoms with Gasteiger partial charge in [0.05, 0.1) is 28.7 Å². The number of aromatic amines is 1. The number of methoxy groups -OCH3 is 1. The van der Waals surface area contributed by atoms with Gasteiger partial charge in [0.1, 0.15) is 0 Å². The topological polar surface area (TPSA) is 84.3 Å². The minimum Gasteiger partial charge on any atom is -0.478 e. The van der Waals surface area contributed by atoms with Crippen LogP contribution in [0.1, 0.15) is 24.2 Å². The third-order valence-corrected chi connectivity index (χ3v) is 3.11. The fourth-order valence-corrected chi connectivity index (χ4v) is 1.99. The van der Waals surface area contributed by atoms with Crippen LogP contribution < -0.4 is 5.69 Å². The summed E-state index contributed by atoms with van der Waals surface area (Å²) >= 11 is 0. The van der Waals surface area contributed by atoms with E-state index in [4.69, 9.17) is 4.74 Å². The first-order valence-electron chi connectivity index (χ1n) is 5.86. The zero-order valence-electron chi connectivity index (χ0n) is 11.1. The summed E-state index contributed by atoms with van der Waals surface area (Å²) in [5.74, 6) is -1.06. The summed E-state index contributed by atoms with van der Waals surface area (Å²) < 4.78 is 6.70. The summed E-state index contributed by atoms with van der Waals surface area (Å²) in [7, 11) is 1.55. The number of ether oxygens (including phenoxy) is 1. The predicted molar refractivity (Wildman–Crippen MR) is 70.6 cm³/mol. The van der Waals surface area contributed by atoms with Crippen molar-refractivity contribution in [3.8, 4) is 0 Å². The molecule has 0 aliphatic rings. The lowest BCUT2D eigenvalue weighted by Gasteiger charge is -2.23. The monoisotopic (exact) mass is 264 g/mol. The molecule has 2 N–H and O–H groups in total. The van der Waals surface area contributed by atoms with Gasteiger partial charge < -0.3 is 14.8 Å². The highest BCUT2D eigenvalue weighted by Crippen LogP contribution is 2.19. The molecule has 0 spiro atoms. The largest absolute Gasteiger partial charge is 0.478 e. The van der Waals surface area contributed by atoms with Gasteiger partial charge in [0.15, 0.2) is 0 Å². The van der Waals surface area contributed by atoms with Crippen molar-refractivity contribution in [2.45, 2.75) is 26.0 Å². The van der Waals surface area contributed by atoms with E-state index in [-0.39, 0.29) is 17.8 Å². The number of H-pyrrole nitrogens is 1. The SMILES string of the molecule is COC(C)(C)Cn1c(=O)[nH]c2cccc(C(=O)O)c21. The van der Waals surface area contributed by atoms with E-state index in [9.17, 15) is 14.7 Å². The summed E-state index contributed by atoms with van der Waals surface area (Å²) in [6.07, 6.45) is 0. The maximum Gasteiger partial charge on any atom is 0.337 e. The minimum absolute atomic E-state index is 0.0998. The number of carboxylic acid groups (broad SMARTS) is 1. The number of benzene rings is 1. The fraction of sp³-hybridized carbons (Fsp3) is 0.385. The molecule has 6 heteroatoms. The third-order valence-electron chi connectivity index (χ3n) is 3.11. The van der Waals surface area contributed by atoms with E-state index in [2.05, 4.69) is 4.98 Å². The Morgan fingerprint density at radius 1 is 1.47 bits per heavy atom. The first-order chi connectivity index (χ1) is 8.85. The standard InChI is InChI=1S/C13H16N2O4/c1-13(2,19-3)7-15-10-8(11(16)17)5-4-6-9(10)14-12(15)18/h4-6H,7H2,1-3H3,(H,14,18)(H,16,17). The van der Waals surface area contributed by atoms with Gasteiger partial charge in [0.25, 0.3) is 0 Å². The maximum absolute atomic E-state index is 12.0. The molecular weight excluding hydrogens is 248 g/mol. The summed E-state index contributed by atoms with van der Waals surface area (Å²) in [5, 5.41) is 9.21. The second-order valence-corrected chi connectivity index (χ2v) is 4.99. The Balaban J connectivity index is 2.70. The second kappa shape index (κ2) is 4.55. The number of imidazole rings is 1. The average Bonchev–Trinajstić information content (AvgIpc) is 2.65. The molecule has 6 nitrogen and oxygen atoms in total. The van der Waals surface area contributed by atoms with E-state index < -0.39 is 11.6 Å². The van der Waals surface area contributed by atoms with E-state index in [0.29, 0.717) is 11.0 Å². The highest BCUT2D eigenvalue weighted by Gasteiger charge is 2.22. The molecule has 0 unspecified atom stereocenters. The van der Waals surface area contributed by atoms with Gasteiger partial charge in [0.2, 0.25) is 0 Å². The number of hydrogen-bond donors (Lipinski definition) is 2. The Hall–Kier alpha value is -2.08. The first kappa shape index (κ1) is 13.4. The van der Waals surface area contributed by atoms with E-state index in [1.54, 1.807) is 19.2 Å². The minimum atomic E-state index is -1.06. The molecule has 1 heterocycles. The second-order valence-electron chi connectivity index (χ2n) is 4.99. The zero-order valence-corrected chi connectivity index (χ0v) is 11.1. The number of carbonyl (C=O) groups is 1. The molecule has 2 aromatic rings. The number of nitrogens with one attached hydrogen (secondary N) is 1. The van der Waals surface area contributed by atoms with Crippen molar-refractivity contribution < 1.29 is 14.6 Å². The maximum atomic E-state index is 12.0. The Morgan fingerprint density at radius 3 is 2.74 bits per heavy atom. The lowest BCUT2D eigenvalue weighted by molar-refractivity contribution is 0.00829. The molecule has 1 aromatic carbocycles. The van der Waals surface area contributed by atoms with Gasteiger partial charge in [-0.2, -0.15) is 0 Å². The molecule has 0 amide bonds. The number of para-hydroxylation sites is 1. The molecule has 0 fully saturated rings. The van der Waals surface area contributed by atoms with Crippen LogP contribution in [-0.2, 0) is 11.3 Å². The van der Waals surface area contributed by atoms with Crippen LogP contribution in [0.3, 0.4) is 0 Å². The predicted octanol–water partition coefficient (Wildman–Crippen LogP) is 1.45. The summed E-state index contributed by atoms with van der Waals surface area (Å²) in [5.41, 5.74) is 0.100. The van der Waals surface area contributed by atoms with Gasteiger partial charge in [0, 0.05) is 7.11 Å². The van der Waals surface area contributed by atoms with Crippen LogP contribution in [-0.4, -0.2) is 33.3 Å². The molecule has 0 radical (unpaired) electrons. The van der Waals surface area contributed by atoms with Crippen LogP contribution in [0.5, 0.6) is 0 Å². The van der Waals surface area contributed by atoms with Crippen molar-refractivity contribution in [3.05, 3.63) is 34.2 Å². The molecule has 0 saturated carbocycles. The van der Waals surface area contributed by atoms with Crippen molar-refractivity contribution >= 4 is 17.0 Å². The van der Waals surface area contributed by atoms with E-state index in [1.807, 2.05) is 13.8 Å². The van der Waals surface area contributed by atoms with Gasteiger partial charge in [-0.15, -0.1) is 0 Å². The summed E-state index contributed by atoms with van der Waals surface area (Å²) in [6.45, 7) is 3.94. The van der Waals surface area contributed by atoms with Crippen LogP contribution in [0.2, 0.25) is 0 Å². The fourth-order valence-electron chi connectivity index (χ4n) is 1.99. The lowest BCUT2D eigenvalue weighted by Crippen LogP contribution is -2.33. The summed E-state index contributed by atoms with van der Waals surface area (Å²) in [4.78, 5) is 25.9. The Kier molecular flexibility index (Phi) is 3.20. The highest BCUT2D eigenvalue weighted by molar-refractivity contribution is 6.01. The van der Waals surface area contributed by atoms with Gasteiger partial charge in [-0.1, -0.05) is 6.07 Å². The summed E-state index contributed by atoms with van der Waals surface area (Å²) in [6, 6.07) is 4.77. The Morgan fingerprint density at radius 2 is 2.16 bits per heavy atom. The van der Waals surface area contributed by atoms with Gasteiger partial charge in [-0.05, 0) is 26.0 Å². The molecule has 0 aliphatic heterocycles. The Bertz CT molecular complexity index is 681. The number of rotatable bonds is 4. The van der Waals surface area contributed by atoms with Crippen molar-refractivity contribution in [2.24, 2.45) is 0 Å². The molecule has 0 atom stereocenters. The number of carboxylic acids is 1. The van der Waals surface area contributed by atoms with Crippen LogP contribution >= 0.6 is 0 Å². The quantitative estimate of drug-likeness (QED) is 0.875. The van der Waals surface area contributed by atoms with Crippen LogP contribution in [0, 0.1) is 0 Å². The van der Waals surface area contributed by atoms with E-state index >= 15 is 0 Å². The highest BCUT2D eigenvalue weighted by atomic mass is 16.5. The molecule has 2 rings (SSSR count). The molecule has 102 valence electrons. The van der Waals surface area contributed by atoms with Crippen LogP contribution in [0.15, 0.2) is 23.0 Å². The zero-order chi connectivity index (χ0) is 14.2. The first-order valence-corrected chi connectivity index (χ1v) is 5.86. The normalized spacial score (nSPS) is 11.9. The van der Waals surface area contributed by atoms with Gasteiger partial charge >= 0.3 is 11.7 Å². The number of aromatic carboxylic acids is 1. The number of hydrogen-bond acceptors (Lipinski definition) is 3. The van der Waals surface area contributed by atoms with Crippen molar-refractivity contribution in [2.75, 3.05) is 7.11 Å². The molecule has 1 aromatic heterocycles. The number of fused-ring (bicyclic) bond motifs is 1. The molecule has 0 bridgehead atoms. The third kappa shape index (κ3) is 2.39. The van der Waals surface area contributed by atoms with Crippen molar-refractivity contribution in [3.63, 3.8) is 0 Å². The molecule has 0 saturated heterocycles. The number of aromatic nitrogens is 2. The van der Waals surface area contributed by atoms with E-state index in [0.717, 1.165) is 0 Å². The van der Waals surface area contributed by atoms with Crippen LogP contribution in [0.4, 0.5) is 0 Å². The van der Waals surface area contributed by atoms with E-state index in [1.165, 1.54) is 10.6 Å². The smallest absolute Gasteiger partial charge is 0.337 e. The van der Waals surface area contributed by atoms with Crippen LogP contribution in [0.25, 0.3) is 11.0 Å². The average molecular weight is 264 g/mol. The molecule has 19 heavy (non-hydrogen) atoms. The van der Waals surface area contributed by atoms with Gasteiger partial charge in [-0.3, -0.25) is 4.57 Å².